The molecule has 0 aromatic heterocycles. The first kappa shape index (κ1) is 12.5. The molecule has 3 unspecified atom stereocenters. The summed E-state index contributed by atoms with van der Waals surface area (Å²) in [6.45, 7) is 6.81. The lowest BCUT2D eigenvalue weighted by molar-refractivity contribution is -0.125. The fourth-order valence-corrected chi connectivity index (χ4v) is 1.94. The Bertz CT molecular complexity index is 216. The quantitative estimate of drug-likeness (QED) is 0.744. The van der Waals surface area contributed by atoms with Crippen molar-refractivity contribution in [3.05, 3.63) is 0 Å². The van der Waals surface area contributed by atoms with Crippen LogP contribution >= 0.6 is 0 Å². The Morgan fingerprint density at radius 3 is 2.53 bits per heavy atom. The Hall–Kier alpha value is -0.570. The van der Waals surface area contributed by atoms with Crippen molar-refractivity contribution in [3.63, 3.8) is 0 Å². The van der Waals surface area contributed by atoms with Crippen LogP contribution in [0.3, 0.4) is 0 Å². The predicted molar refractivity (Wildman–Crippen MR) is 60.4 cm³/mol. The van der Waals surface area contributed by atoms with Crippen LogP contribution in [0.5, 0.6) is 0 Å². The van der Waals surface area contributed by atoms with E-state index in [9.17, 15) is 9.90 Å². The first-order valence-electron chi connectivity index (χ1n) is 5.96. The van der Waals surface area contributed by atoms with Crippen LogP contribution < -0.4 is 5.32 Å². The van der Waals surface area contributed by atoms with Gasteiger partial charge in [-0.3, -0.25) is 4.79 Å². The van der Waals surface area contributed by atoms with Crippen molar-refractivity contribution >= 4 is 5.91 Å². The summed E-state index contributed by atoms with van der Waals surface area (Å²) in [5, 5.41) is 12.3. The standard InChI is InChI=1S/C12H23NO2/c1-8(2)9(3)12(15)13-7-10-4-5-11(14)6-10/h8-11,14H,4-7H2,1-3H3,(H,13,15). The molecule has 3 nitrogen and oxygen atoms in total. The number of hydrogen-bond acceptors (Lipinski definition) is 2. The monoisotopic (exact) mass is 213 g/mol. The van der Waals surface area contributed by atoms with Crippen LogP contribution in [-0.4, -0.2) is 23.7 Å². The largest absolute Gasteiger partial charge is 0.393 e. The number of aliphatic hydroxyl groups excluding tert-OH is 1. The molecule has 0 bridgehead atoms. The molecule has 15 heavy (non-hydrogen) atoms. The number of rotatable bonds is 4. The zero-order valence-corrected chi connectivity index (χ0v) is 9.99. The molecule has 1 fully saturated rings. The van der Waals surface area contributed by atoms with Crippen LogP contribution in [0.25, 0.3) is 0 Å². The Balaban J connectivity index is 2.22. The summed E-state index contributed by atoms with van der Waals surface area (Å²) < 4.78 is 0. The number of nitrogens with one attached hydrogen (secondary N) is 1. The predicted octanol–water partition coefficient (Wildman–Crippen LogP) is 1.56. The van der Waals surface area contributed by atoms with Crippen LogP contribution in [0.2, 0.25) is 0 Å². The van der Waals surface area contributed by atoms with Gasteiger partial charge in [0.05, 0.1) is 6.10 Å². The van der Waals surface area contributed by atoms with Gasteiger partial charge in [-0.1, -0.05) is 20.8 Å². The molecular weight excluding hydrogens is 190 g/mol. The molecule has 2 N–H and O–H groups in total. The fraction of sp³-hybridized carbons (Fsp3) is 0.917. The molecule has 0 radical (unpaired) electrons. The molecule has 88 valence electrons. The van der Waals surface area contributed by atoms with Crippen molar-refractivity contribution in [1.82, 2.24) is 5.32 Å². The van der Waals surface area contributed by atoms with E-state index in [-0.39, 0.29) is 17.9 Å². The van der Waals surface area contributed by atoms with Crippen LogP contribution in [0.4, 0.5) is 0 Å². The minimum atomic E-state index is -0.144. The molecule has 1 amide bonds. The zero-order valence-electron chi connectivity index (χ0n) is 9.99. The first-order chi connectivity index (χ1) is 7.00. The normalized spacial score (nSPS) is 28.1. The lowest BCUT2D eigenvalue weighted by Crippen LogP contribution is -2.34. The molecule has 3 atom stereocenters. The van der Waals surface area contributed by atoms with Gasteiger partial charge in [0, 0.05) is 12.5 Å². The zero-order chi connectivity index (χ0) is 11.4. The molecule has 0 aliphatic heterocycles. The van der Waals surface area contributed by atoms with Crippen molar-refractivity contribution in [2.45, 2.75) is 46.1 Å². The third kappa shape index (κ3) is 3.82. The summed E-state index contributed by atoms with van der Waals surface area (Å²) in [6.07, 6.45) is 2.63. The van der Waals surface area contributed by atoms with Crippen molar-refractivity contribution < 1.29 is 9.90 Å². The van der Waals surface area contributed by atoms with Gasteiger partial charge < -0.3 is 10.4 Å². The Kier molecular flexibility index (Phi) is 4.58. The number of carbonyl (C=O) groups is 1. The molecule has 0 heterocycles. The highest BCUT2D eigenvalue weighted by Crippen LogP contribution is 2.24. The molecule has 1 aliphatic rings. The molecule has 0 aromatic carbocycles. The van der Waals surface area contributed by atoms with Gasteiger partial charge in [0.15, 0.2) is 0 Å². The average Bonchev–Trinajstić information content (AvgIpc) is 2.59. The molecule has 0 spiro atoms. The third-order valence-electron chi connectivity index (χ3n) is 3.49. The second-order valence-electron chi connectivity index (χ2n) is 5.11. The van der Waals surface area contributed by atoms with Crippen LogP contribution in [-0.2, 0) is 4.79 Å². The van der Waals surface area contributed by atoms with E-state index in [4.69, 9.17) is 0 Å². The van der Waals surface area contributed by atoms with Crippen molar-refractivity contribution in [2.24, 2.45) is 17.8 Å². The number of carbonyl (C=O) groups excluding carboxylic acids is 1. The van der Waals surface area contributed by atoms with E-state index in [1.54, 1.807) is 0 Å². The van der Waals surface area contributed by atoms with Crippen molar-refractivity contribution in [2.75, 3.05) is 6.54 Å². The van der Waals surface area contributed by atoms with Crippen LogP contribution in [0, 0.1) is 17.8 Å². The molecular formula is C12H23NO2. The maximum absolute atomic E-state index is 11.6. The highest BCUT2D eigenvalue weighted by atomic mass is 16.3. The number of amides is 1. The van der Waals surface area contributed by atoms with E-state index in [1.165, 1.54) is 0 Å². The van der Waals surface area contributed by atoms with E-state index in [2.05, 4.69) is 19.2 Å². The Morgan fingerprint density at radius 2 is 2.07 bits per heavy atom. The highest BCUT2D eigenvalue weighted by molar-refractivity contribution is 5.78. The summed E-state index contributed by atoms with van der Waals surface area (Å²) in [5.41, 5.74) is 0. The summed E-state index contributed by atoms with van der Waals surface area (Å²) in [7, 11) is 0. The van der Waals surface area contributed by atoms with Crippen LogP contribution in [0.15, 0.2) is 0 Å². The van der Waals surface area contributed by atoms with E-state index in [0.29, 0.717) is 11.8 Å². The van der Waals surface area contributed by atoms with Gasteiger partial charge in [-0.2, -0.15) is 0 Å². The maximum Gasteiger partial charge on any atom is 0.223 e. The van der Waals surface area contributed by atoms with Crippen molar-refractivity contribution in [1.29, 1.82) is 0 Å². The average molecular weight is 213 g/mol. The molecule has 1 saturated carbocycles. The lowest BCUT2D eigenvalue weighted by atomic mass is 9.97. The smallest absolute Gasteiger partial charge is 0.223 e. The third-order valence-corrected chi connectivity index (χ3v) is 3.49. The van der Waals surface area contributed by atoms with Gasteiger partial charge in [-0.05, 0) is 31.1 Å². The maximum atomic E-state index is 11.6. The van der Waals surface area contributed by atoms with Crippen molar-refractivity contribution in [3.8, 4) is 0 Å². The Morgan fingerprint density at radius 1 is 1.40 bits per heavy atom. The fourth-order valence-electron chi connectivity index (χ4n) is 1.94. The van der Waals surface area contributed by atoms with Gasteiger partial charge in [0.25, 0.3) is 0 Å². The van der Waals surface area contributed by atoms with Gasteiger partial charge in [-0.25, -0.2) is 0 Å². The first-order valence-corrected chi connectivity index (χ1v) is 5.96. The second kappa shape index (κ2) is 5.50. The molecule has 0 aromatic rings. The number of hydrogen-bond donors (Lipinski definition) is 2. The SMILES string of the molecule is CC(C)C(C)C(=O)NCC1CCC(O)C1. The van der Waals surface area contributed by atoms with E-state index in [0.717, 1.165) is 25.8 Å². The second-order valence-corrected chi connectivity index (χ2v) is 5.11. The molecule has 3 heteroatoms. The summed E-state index contributed by atoms with van der Waals surface area (Å²) >= 11 is 0. The van der Waals surface area contributed by atoms with Gasteiger partial charge >= 0.3 is 0 Å². The van der Waals surface area contributed by atoms with Crippen LogP contribution in [0.1, 0.15) is 40.0 Å². The molecule has 1 aliphatic carbocycles. The van der Waals surface area contributed by atoms with E-state index >= 15 is 0 Å². The molecule has 0 saturated heterocycles. The lowest BCUT2D eigenvalue weighted by Gasteiger charge is -2.17. The highest BCUT2D eigenvalue weighted by Gasteiger charge is 2.24. The Labute approximate surface area is 92.3 Å². The summed E-state index contributed by atoms with van der Waals surface area (Å²) in [6, 6.07) is 0. The van der Waals surface area contributed by atoms with E-state index < -0.39 is 0 Å². The van der Waals surface area contributed by atoms with Gasteiger partial charge in [0.1, 0.15) is 0 Å². The van der Waals surface area contributed by atoms with Gasteiger partial charge in [-0.15, -0.1) is 0 Å². The van der Waals surface area contributed by atoms with E-state index in [1.807, 2.05) is 6.92 Å². The summed E-state index contributed by atoms with van der Waals surface area (Å²) in [4.78, 5) is 11.6. The topological polar surface area (TPSA) is 49.3 Å². The minimum absolute atomic E-state index is 0.0799. The number of aliphatic hydroxyl groups is 1. The van der Waals surface area contributed by atoms with Gasteiger partial charge in [0.2, 0.25) is 5.91 Å². The summed E-state index contributed by atoms with van der Waals surface area (Å²) in [5.74, 6) is 1.09. The molecule has 1 rings (SSSR count). The minimum Gasteiger partial charge on any atom is -0.393 e.